The maximum absolute atomic E-state index is 11.7. The van der Waals surface area contributed by atoms with Crippen LogP contribution in [0, 0.1) is 6.92 Å². The lowest BCUT2D eigenvalue weighted by molar-refractivity contribution is -0.118. The number of benzene rings is 2. The predicted octanol–water partition coefficient (Wildman–Crippen LogP) is 2.59. The predicted molar refractivity (Wildman–Crippen MR) is 76.2 cm³/mol. The van der Waals surface area contributed by atoms with Gasteiger partial charge in [0, 0.05) is 11.4 Å². The molecule has 0 saturated heterocycles. The Morgan fingerprint density at radius 1 is 1.21 bits per heavy atom. The van der Waals surface area contributed by atoms with Gasteiger partial charge in [-0.25, -0.2) is 0 Å². The molecule has 0 saturated carbocycles. The molecule has 2 aromatic rings. The lowest BCUT2D eigenvalue weighted by Crippen LogP contribution is -2.20. The summed E-state index contributed by atoms with van der Waals surface area (Å²) in [7, 11) is 0. The van der Waals surface area contributed by atoms with Gasteiger partial charge in [0.05, 0.1) is 0 Å². The van der Waals surface area contributed by atoms with Gasteiger partial charge >= 0.3 is 0 Å². The van der Waals surface area contributed by atoms with Crippen LogP contribution in [0.1, 0.15) is 5.56 Å². The number of carbonyl (C=O) groups excluding carboxylic acids is 1. The van der Waals surface area contributed by atoms with Crippen molar-refractivity contribution in [2.24, 2.45) is 0 Å². The molecule has 0 aliphatic heterocycles. The van der Waals surface area contributed by atoms with E-state index in [1.54, 1.807) is 12.1 Å². The van der Waals surface area contributed by atoms with Gasteiger partial charge in [-0.15, -0.1) is 0 Å². The van der Waals surface area contributed by atoms with Crippen molar-refractivity contribution in [2.75, 3.05) is 17.7 Å². The van der Waals surface area contributed by atoms with Crippen LogP contribution in [0.15, 0.2) is 48.5 Å². The van der Waals surface area contributed by atoms with Crippen molar-refractivity contribution in [1.82, 2.24) is 0 Å². The quantitative estimate of drug-likeness (QED) is 0.826. The molecule has 98 valence electrons. The highest BCUT2D eigenvalue weighted by Gasteiger charge is 2.05. The first-order valence-corrected chi connectivity index (χ1v) is 5.99. The first kappa shape index (κ1) is 13.0. The van der Waals surface area contributed by atoms with Gasteiger partial charge in [-0.2, -0.15) is 0 Å². The Kier molecular flexibility index (Phi) is 4.03. The highest BCUT2D eigenvalue weighted by molar-refractivity contribution is 5.91. The van der Waals surface area contributed by atoms with Crippen LogP contribution in [0.2, 0.25) is 0 Å². The molecule has 3 N–H and O–H groups in total. The van der Waals surface area contributed by atoms with Crippen LogP contribution >= 0.6 is 0 Å². The van der Waals surface area contributed by atoms with Crippen molar-refractivity contribution < 1.29 is 9.53 Å². The minimum atomic E-state index is -0.192. The second-order valence-electron chi connectivity index (χ2n) is 4.23. The lowest BCUT2D eigenvalue weighted by atomic mass is 10.2. The SMILES string of the molecule is Cc1cc(N)ccc1OCC(=O)Nc1ccccc1. The van der Waals surface area contributed by atoms with Crippen molar-refractivity contribution in [3.05, 3.63) is 54.1 Å². The van der Waals surface area contributed by atoms with Gasteiger partial charge in [-0.3, -0.25) is 4.79 Å². The number of para-hydroxylation sites is 1. The Balaban J connectivity index is 1.90. The van der Waals surface area contributed by atoms with Gasteiger partial charge in [-0.05, 0) is 42.8 Å². The van der Waals surface area contributed by atoms with Crippen molar-refractivity contribution in [3.63, 3.8) is 0 Å². The van der Waals surface area contributed by atoms with Crippen molar-refractivity contribution in [1.29, 1.82) is 0 Å². The molecule has 0 fully saturated rings. The van der Waals surface area contributed by atoms with Gasteiger partial charge in [0.1, 0.15) is 5.75 Å². The molecule has 0 spiro atoms. The molecule has 0 radical (unpaired) electrons. The Morgan fingerprint density at radius 3 is 2.63 bits per heavy atom. The number of anilines is 2. The summed E-state index contributed by atoms with van der Waals surface area (Å²) in [5, 5.41) is 2.75. The second kappa shape index (κ2) is 5.91. The van der Waals surface area contributed by atoms with Crippen LogP contribution in [0.5, 0.6) is 5.75 Å². The van der Waals surface area contributed by atoms with E-state index >= 15 is 0 Å². The minimum absolute atomic E-state index is 0.0281. The van der Waals surface area contributed by atoms with Crippen molar-refractivity contribution in [2.45, 2.75) is 6.92 Å². The van der Waals surface area contributed by atoms with E-state index in [-0.39, 0.29) is 12.5 Å². The fourth-order valence-electron chi connectivity index (χ4n) is 1.70. The zero-order valence-electron chi connectivity index (χ0n) is 10.7. The standard InChI is InChI=1S/C15H16N2O2/c1-11-9-12(16)7-8-14(11)19-10-15(18)17-13-5-3-2-4-6-13/h2-9H,10,16H2,1H3,(H,17,18). The topological polar surface area (TPSA) is 64.3 Å². The maximum Gasteiger partial charge on any atom is 0.262 e. The van der Waals surface area contributed by atoms with Crippen LogP contribution in [0.3, 0.4) is 0 Å². The number of nitrogens with two attached hydrogens (primary N) is 1. The highest BCUT2D eigenvalue weighted by Crippen LogP contribution is 2.20. The van der Waals surface area contributed by atoms with Gasteiger partial charge in [0.25, 0.3) is 5.91 Å². The summed E-state index contributed by atoms with van der Waals surface area (Å²) in [5.74, 6) is 0.472. The third kappa shape index (κ3) is 3.74. The van der Waals surface area contributed by atoms with E-state index in [1.807, 2.05) is 43.3 Å². The van der Waals surface area contributed by atoms with Gasteiger partial charge in [-0.1, -0.05) is 18.2 Å². The summed E-state index contributed by atoms with van der Waals surface area (Å²) in [6.07, 6.45) is 0. The molecule has 19 heavy (non-hydrogen) atoms. The fourth-order valence-corrected chi connectivity index (χ4v) is 1.70. The van der Waals surface area contributed by atoms with Crippen LogP contribution in [-0.4, -0.2) is 12.5 Å². The second-order valence-corrected chi connectivity index (χ2v) is 4.23. The zero-order chi connectivity index (χ0) is 13.7. The first-order chi connectivity index (χ1) is 9.15. The van der Waals surface area contributed by atoms with E-state index in [1.165, 1.54) is 0 Å². The average molecular weight is 256 g/mol. The van der Waals surface area contributed by atoms with Gasteiger partial charge < -0.3 is 15.8 Å². The fraction of sp³-hybridized carbons (Fsp3) is 0.133. The lowest BCUT2D eigenvalue weighted by Gasteiger charge is -2.10. The van der Waals surface area contributed by atoms with Crippen LogP contribution < -0.4 is 15.8 Å². The summed E-state index contributed by atoms with van der Waals surface area (Å²) in [5.41, 5.74) is 7.99. The largest absolute Gasteiger partial charge is 0.483 e. The molecule has 0 bridgehead atoms. The van der Waals surface area contributed by atoms with E-state index in [2.05, 4.69) is 5.32 Å². The monoisotopic (exact) mass is 256 g/mol. The number of rotatable bonds is 4. The molecular formula is C15H16N2O2. The number of nitrogen functional groups attached to an aromatic ring is 1. The third-order valence-electron chi connectivity index (χ3n) is 2.62. The van der Waals surface area contributed by atoms with Crippen LogP contribution in [0.4, 0.5) is 11.4 Å². The minimum Gasteiger partial charge on any atom is -0.483 e. The molecular weight excluding hydrogens is 240 g/mol. The molecule has 0 heterocycles. The molecule has 0 aromatic heterocycles. The average Bonchev–Trinajstić information content (AvgIpc) is 2.39. The number of amides is 1. The van der Waals surface area contributed by atoms with E-state index in [0.717, 1.165) is 11.3 Å². The van der Waals surface area contributed by atoms with Gasteiger partial charge in [0.15, 0.2) is 6.61 Å². The van der Waals surface area contributed by atoms with Crippen molar-refractivity contribution in [3.8, 4) is 5.75 Å². The van der Waals surface area contributed by atoms with Crippen molar-refractivity contribution >= 4 is 17.3 Å². The molecule has 4 nitrogen and oxygen atoms in total. The van der Waals surface area contributed by atoms with Gasteiger partial charge in [0.2, 0.25) is 0 Å². The molecule has 0 unspecified atom stereocenters. The number of ether oxygens (including phenoxy) is 1. The number of carbonyl (C=O) groups is 1. The maximum atomic E-state index is 11.7. The molecule has 2 aromatic carbocycles. The Labute approximate surface area is 112 Å². The molecule has 4 heteroatoms. The normalized spacial score (nSPS) is 9.95. The van der Waals surface area contributed by atoms with E-state index in [4.69, 9.17) is 10.5 Å². The highest BCUT2D eigenvalue weighted by atomic mass is 16.5. The summed E-state index contributed by atoms with van der Waals surface area (Å²) >= 11 is 0. The summed E-state index contributed by atoms with van der Waals surface area (Å²) < 4.78 is 5.46. The number of hydrogen-bond donors (Lipinski definition) is 2. The summed E-state index contributed by atoms with van der Waals surface area (Å²) in [6.45, 7) is 1.86. The zero-order valence-corrected chi connectivity index (χ0v) is 10.7. The summed E-state index contributed by atoms with van der Waals surface area (Å²) in [4.78, 5) is 11.7. The smallest absolute Gasteiger partial charge is 0.262 e. The Morgan fingerprint density at radius 2 is 1.95 bits per heavy atom. The van der Waals surface area contributed by atoms with E-state index in [9.17, 15) is 4.79 Å². The molecule has 0 aliphatic carbocycles. The first-order valence-electron chi connectivity index (χ1n) is 5.99. The molecule has 0 aliphatic rings. The number of hydrogen-bond acceptors (Lipinski definition) is 3. The summed E-state index contributed by atoms with van der Waals surface area (Å²) in [6, 6.07) is 14.6. The molecule has 0 atom stereocenters. The molecule has 2 rings (SSSR count). The van der Waals surface area contributed by atoms with E-state index in [0.29, 0.717) is 11.4 Å². The number of aryl methyl sites for hydroxylation is 1. The van der Waals surface area contributed by atoms with E-state index < -0.39 is 0 Å². The third-order valence-corrected chi connectivity index (χ3v) is 2.62. The Bertz CT molecular complexity index is 568. The Hall–Kier alpha value is -2.49. The van der Waals surface area contributed by atoms with Crippen LogP contribution in [0.25, 0.3) is 0 Å². The number of nitrogens with one attached hydrogen (secondary N) is 1. The molecule has 1 amide bonds. The van der Waals surface area contributed by atoms with Crippen LogP contribution in [-0.2, 0) is 4.79 Å².